The molecule has 1 N–H and O–H groups in total. The van der Waals surface area contributed by atoms with E-state index in [4.69, 9.17) is 0 Å². The zero-order valence-corrected chi connectivity index (χ0v) is 9.51. The third kappa shape index (κ3) is 4.03. The van der Waals surface area contributed by atoms with E-state index in [-0.39, 0.29) is 5.91 Å². The van der Waals surface area contributed by atoms with Crippen molar-refractivity contribution >= 4 is 11.7 Å². The highest BCUT2D eigenvalue weighted by Gasteiger charge is 2.00. The second-order valence-electron chi connectivity index (χ2n) is 2.86. The van der Waals surface area contributed by atoms with Crippen LogP contribution in [0.25, 0.3) is 0 Å². The Labute approximate surface area is 85.6 Å². The molecule has 1 aromatic heterocycles. The van der Waals surface area contributed by atoms with Crippen molar-refractivity contribution in [3.8, 4) is 0 Å². The second kappa shape index (κ2) is 6.13. The van der Waals surface area contributed by atoms with E-state index in [2.05, 4.69) is 10.3 Å². The Bertz CT molecular complexity index is 308. The van der Waals surface area contributed by atoms with Gasteiger partial charge in [-0.25, -0.2) is 4.98 Å². The molecular formula is C11H18N2O. The van der Waals surface area contributed by atoms with Crippen molar-refractivity contribution in [3.63, 3.8) is 0 Å². The summed E-state index contributed by atoms with van der Waals surface area (Å²) in [5.74, 6) is 0.558. The summed E-state index contributed by atoms with van der Waals surface area (Å²) in [6.45, 7) is 9.36. The lowest BCUT2D eigenvalue weighted by atomic mass is 10.2. The lowest BCUT2D eigenvalue weighted by molar-refractivity contribution is -0.114. The number of anilines is 1. The number of amides is 1. The molecule has 14 heavy (non-hydrogen) atoms. The first kappa shape index (κ1) is 12.6. The van der Waals surface area contributed by atoms with Crippen molar-refractivity contribution in [1.82, 2.24) is 4.98 Å². The molecule has 0 fully saturated rings. The molecule has 3 heteroatoms. The Morgan fingerprint density at radius 1 is 1.36 bits per heavy atom. The maximum Gasteiger partial charge on any atom is 0.222 e. The predicted molar refractivity (Wildman–Crippen MR) is 59.4 cm³/mol. The van der Waals surface area contributed by atoms with Gasteiger partial charge in [0.15, 0.2) is 0 Å². The van der Waals surface area contributed by atoms with E-state index in [1.165, 1.54) is 6.92 Å². The van der Waals surface area contributed by atoms with Gasteiger partial charge in [-0.15, -0.1) is 0 Å². The molecule has 0 aliphatic carbocycles. The number of nitrogens with zero attached hydrogens (tertiary/aromatic N) is 1. The average molecular weight is 194 g/mol. The van der Waals surface area contributed by atoms with Crippen LogP contribution >= 0.6 is 0 Å². The smallest absolute Gasteiger partial charge is 0.222 e. The number of aryl methyl sites for hydroxylation is 2. The molecule has 0 atom stereocenters. The van der Waals surface area contributed by atoms with Gasteiger partial charge in [-0.3, -0.25) is 4.79 Å². The summed E-state index contributed by atoms with van der Waals surface area (Å²) < 4.78 is 0. The molecule has 0 aliphatic rings. The van der Waals surface area contributed by atoms with Crippen molar-refractivity contribution < 1.29 is 4.79 Å². The zero-order valence-electron chi connectivity index (χ0n) is 9.51. The lowest BCUT2D eigenvalue weighted by Gasteiger charge is -2.04. The fourth-order valence-corrected chi connectivity index (χ4v) is 1.01. The summed E-state index contributed by atoms with van der Waals surface area (Å²) in [5.41, 5.74) is 2.09. The van der Waals surface area contributed by atoms with Crippen LogP contribution in [0.15, 0.2) is 12.3 Å². The minimum absolute atomic E-state index is 0.0885. The number of rotatable bonds is 1. The van der Waals surface area contributed by atoms with Crippen LogP contribution in [0.1, 0.15) is 31.9 Å². The molecule has 0 aliphatic heterocycles. The monoisotopic (exact) mass is 194 g/mol. The Balaban J connectivity index is 0.000000791. The number of pyridine rings is 1. The molecule has 1 aromatic rings. The SMILES string of the molecule is CC.CC(=O)Nc1ncc(C)cc1C. The number of carbonyl (C=O) groups is 1. The lowest BCUT2D eigenvalue weighted by Crippen LogP contribution is -2.08. The summed E-state index contributed by atoms with van der Waals surface area (Å²) in [5, 5.41) is 2.65. The molecule has 1 amide bonds. The van der Waals surface area contributed by atoms with E-state index in [1.807, 2.05) is 33.8 Å². The largest absolute Gasteiger partial charge is 0.311 e. The second-order valence-corrected chi connectivity index (χ2v) is 2.86. The molecule has 3 nitrogen and oxygen atoms in total. The third-order valence-corrected chi connectivity index (χ3v) is 1.51. The average Bonchev–Trinajstić information content (AvgIpc) is 2.13. The number of aromatic nitrogens is 1. The highest BCUT2D eigenvalue weighted by atomic mass is 16.1. The van der Waals surface area contributed by atoms with Crippen LogP contribution < -0.4 is 5.32 Å². The molecular weight excluding hydrogens is 176 g/mol. The van der Waals surface area contributed by atoms with E-state index >= 15 is 0 Å². The first-order chi connectivity index (χ1) is 6.59. The van der Waals surface area contributed by atoms with Gasteiger partial charge in [0.1, 0.15) is 5.82 Å². The first-order valence-electron chi connectivity index (χ1n) is 4.80. The fraction of sp³-hybridized carbons (Fsp3) is 0.455. The van der Waals surface area contributed by atoms with Gasteiger partial charge in [-0.1, -0.05) is 19.9 Å². The fourth-order valence-electron chi connectivity index (χ4n) is 1.01. The van der Waals surface area contributed by atoms with Gasteiger partial charge in [0.2, 0.25) is 5.91 Å². The zero-order chi connectivity index (χ0) is 11.1. The van der Waals surface area contributed by atoms with Crippen molar-refractivity contribution in [2.75, 3.05) is 5.32 Å². The van der Waals surface area contributed by atoms with Crippen LogP contribution in [0.5, 0.6) is 0 Å². The van der Waals surface area contributed by atoms with Gasteiger partial charge in [0, 0.05) is 13.1 Å². The molecule has 0 spiro atoms. The third-order valence-electron chi connectivity index (χ3n) is 1.51. The molecule has 0 aromatic carbocycles. The topological polar surface area (TPSA) is 42.0 Å². The van der Waals surface area contributed by atoms with Crippen LogP contribution in [-0.4, -0.2) is 10.9 Å². The quantitative estimate of drug-likeness (QED) is 0.746. The molecule has 1 heterocycles. The van der Waals surface area contributed by atoms with Crippen LogP contribution in [0.2, 0.25) is 0 Å². The maximum absolute atomic E-state index is 10.7. The maximum atomic E-state index is 10.7. The standard InChI is InChI=1S/C9H12N2O.C2H6/c1-6-4-7(2)9(10-5-6)11-8(3)12;1-2/h4-5H,1-3H3,(H,10,11,12);1-2H3. The van der Waals surface area contributed by atoms with Gasteiger partial charge in [-0.05, 0) is 25.0 Å². The number of nitrogens with one attached hydrogen (secondary N) is 1. The van der Waals surface area contributed by atoms with E-state index in [1.54, 1.807) is 6.20 Å². The van der Waals surface area contributed by atoms with E-state index in [9.17, 15) is 4.79 Å². The van der Waals surface area contributed by atoms with Gasteiger partial charge >= 0.3 is 0 Å². The van der Waals surface area contributed by atoms with Crippen LogP contribution in [0.4, 0.5) is 5.82 Å². The van der Waals surface area contributed by atoms with Gasteiger partial charge in [-0.2, -0.15) is 0 Å². The van der Waals surface area contributed by atoms with Crippen molar-refractivity contribution in [2.45, 2.75) is 34.6 Å². The predicted octanol–water partition coefficient (Wildman–Crippen LogP) is 2.68. The summed E-state index contributed by atoms with van der Waals surface area (Å²) in [6.07, 6.45) is 1.73. The first-order valence-corrected chi connectivity index (χ1v) is 4.80. The van der Waals surface area contributed by atoms with Gasteiger partial charge < -0.3 is 5.32 Å². The Morgan fingerprint density at radius 2 is 1.93 bits per heavy atom. The summed E-state index contributed by atoms with van der Waals surface area (Å²) in [7, 11) is 0. The summed E-state index contributed by atoms with van der Waals surface area (Å²) in [4.78, 5) is 14.8. The minimum Gasteiger partial charge on any atom is -0.311 e. The summed E-state index contributed by atoms with van der Waals surface area (Å²) >= 11 is 0. The molecule has 0 bridgehead atoms. The number of hydrogen-bond acceptors (Lipinski definition) is 2. The van der Waals surface area contributed by atoms with E-state index in [0.717, 1.165) is 11.1 Å². The molecule has 78 valence electrons. The molecule has 0 unspecified atom stereocenters. The van der Waals surface area contributed by atoms with Crippen LogP contribution in [-0.2, 0) is 4.79 Å². The molecule has 1 rings (SSSR count). The van der Waals surface area contributed by atoms with E-state index in [0.29, 0.717) is 5.82 Å². The van der Waals surface area contributed by atoms with Gasteiger partial charge in [0.05, 0.1) is 0 Å². The van der Waals surface area contributed by atoms with Crippen LogP contribution in [0.3, 0.4) is 0 Å². The van der Waals surface area contributed by atoms with Crippen molar-refractivity contribution in [1.29, 1.82) is 0 Å². The van der Waals surface area contributed by atoms with Crippen LogP contribution in [0, 0.1) is 13.8 Å². The number of hydrogen-bond donors (Lipinski definition) is 1. The number of carbonyl (C=O) groups excluding carboxylic acids is 1. The Kier molecular flexibility index (Phi) is 5.53. The Hall–Kier alpha value is -1.38. The highest BCUT2D eigenvalue weighted by molar-refractivity contribution is 5.88. The van der Waals surface area contributed by atoms with Gasteiger partial charge in [0.25, 0.3) is 0 Å². The molecule has 0 radical (unpaired) electrons. The Morgan fingerprint density at radius 3 is 2.36 bits per heavy atom. The highest BCUT2D eigenvalue weighted by Crippen LogP contribution is 2.11. The van der Waals surface area contributed by atoms with Crippen molar-refractivity contribution in [2.24, 2.45) is 0 Å². The van der Waals surface area contributed by atoms with E-state index < -0.39 is 0 Å². The normalized spacial score (nSPS) is 8.64. The molecule has 0 saturated heterocycles. The molecule has 0 saturated carbocycles. The summed E-state index contributed by atoms with van der Waals surface area (Å²) in [6, 6.07) is 1.98. The minimum atomic E-state index is -0.0885. The van der Waals surface area contributed by atoms with Crippen molar-refractivity contribution in [3.05, 3.63) is 23.4 Å².